The van der Waals surface area contributed by atoms with Crippen LogP contribution in [0.25, 0.3) is 10.9 Å². The fourth-order valence-corrected chi connectivity index (χ4v) is 6.00. The van der Waals surface area contributed by atoms with Crippen LogP contribution in [0.1, 0.15) is 28.9 Å². The number of aryl methyl sites for hydroxylation is 1. The number of nitrogens with one attached hydrogen (secondary N) is 3. The summed E-state index contributed by atoms with van der Waals surface area (Å²) in [5, 5.41) is 4.27. The Hall–Kier alpha value is -2.84. The van der Waals surface area contributed by atoms with Crippen LogP contribution < -0.4 is 10.0 Å². The molecule has 0 bridgehead atoms. The van der Waals surface area contributed by atoms with Gasteiger partial charge in [-0.15, -0.1) is 0 Å². The zero-order chi connectivity index (χ0) is 20.9. The van der Waals surface area contributed by atoms with Gasteiger partial charge in [0.05, 0.1) is 17.4 Å². The first-order valence-electron chi connectivity index (χ1n) is 10.2. The Morgan fingerprint density at radius 3 is 2.53 bits per heavy atom. The van der Waals surface area contributed by atoms with E-state index in [-0.39, 0.29) is 22.9 Å². The number of anilines is 1. The highest BCUT2D eigenvalue weighted by molar-refractivity contribution is 7.89. The number of aromatic nitrogens is 1. The molecule has 0 radical (unpaired) electrons. The van der Waals surface area contributed by atoms with E-state index in [0.717, 1.165) is 35.0 Å². The van der Waals surface area contributed by atoms with Gasteiger partial charge in [0.25, 0.3) is 5.91 Å². The van der Waals surface area contributed by atoms with Gasteiger partial charge in [-0.3, -0.25) is 4.79 Å². The summed E-state index contributed by atoms with van der Waals surface area (Å²) in [5.41, 5.74) is 3.21. The molecule has 1 unspecified atom stereocenters. The largest absolute Gasteiger partial charge is 0.368 e. The zero-order valence-corrected chi connectivity index (χ0v) is 17.5. The van der Waals surface area contributed by atoms with E-state index in [1.165, 1.54) is 0 Å². The number of nitrogens with zero attached hydrogens (tertiary/aromatic N) is 1. The summed E-state index contributed by atoms with van der Waals surface area (Å²) in [7, 11) is -3.53. The van der Waals surface area contributed by atoms with Gasteiger partial charge in [0, 0.05) is 29.7 Å². The Morgan fingerprint density at radius 1 is 1.03 bits per heavy atom. The molecule has 1 fully saturated rings. The smallest absolute Gasteiger partial charge is 0.256 e. The van der Waals surface area contributed by atoms with Crippen LogP contribution in [0.5, 0.6) is 0 Å². The van der Waals surface area contributed by atoms with Crippen molar-refractivity contribution in [3.63, 3.8) is 0 Å². The summed E-state index contributed by atoms with van der Waals surface area (Å²) in [6.45, 7) is 3.13. The van der Waals surface area contributed by atoms with E-state index in [1.54, 1.807) is 18.2 Å². The average molecular weight is 425 g/mol. The SMILES string of the molecule is Cc1[nH]c2ccccc2c1C(=O)N1CCC(C2Nc3ccccc3S(=O)(=O)N2)CC1. The molecule has 1 atom stereocenters. The van der Waals surface area contributed by atoms with Crippen LogP contribution in [0.15, 0.2) is 53.4 Å². The van der Waals surface area contributed by atoms with Gasteiger partial charge >= 0.3 is 0 Å². The third-order valence-electron chi connectivity index (χ3n) is 6.18. The summed E-state index contributed by atoms with van der Waals surface area (Å²) >= 11 is 0. The first kappa shape index (κ1) is 19.1. The molecule has 0 spiro atoms. The van der Waals surface area contributed by atoms with Gasteiger partial charge in [0.1, 0.15) is 4.90 Å². The molecule has 1 saturated heterocycles. The van der Waals surface area contributed by atoms with Gasteiger partial charge in [-0.05, 0) is 43.9 Å². The number of carbonyl (C=O) groups excluding carboxylic acids is 1. The summed E-state index contributed by atoms with van der Waals surface area (Å²) < 4.78 is 28.0. The van der Waals surface area contributed by atoms with Gasteiger partial charge in [-0.25, -0.2) is 8.42 Å². The molecule has 2 aliphatic rings. The van der Waals surface area contributed by atoms with Crippen molar-refractivity contribution in [2.45, 2.75) is 30.8 Å². The lowest BCUT2D eigenvalue weighted by Gasteiger charge is -2.39. The fourth-order valence-electron chi connectivity index (χ4n) is 4.61. The second kappa shape index (κ2) is 7.14. The van der Waals surface area contributed by atoms with Crippen LogP contribution >= 0.6 is 0 Å². The van der Waals surface area contributed by atoms with Crippen molar-refractivity contribution in [1.29, 1.82) is 0 Å². The number of H-pyrrole nitrogens is 1. The van der Waals surface area contributed by atoms with E-state index in [0.29, 0.717) is 18.8 Å². The number of hydrogen-bond donors (Lipinski definition) is 3. The summed E-state index contributed by atoms with van der Waals surface area (Å²) in [5.74, 6) is 0.146. The molecular weight excluding hydrogens is 400 g/mol. The number of para-hydroxylation sites is 2. The molecule has 7 nitrogen and oxygen atoms in total. The van der Waals surface area contributed by atoms with Crippen molar-refractivity contribution >= 4 is 32.5 Å². The fraction of sp³-hybridized carbons (Fsp3) is 0.318. The van der Waals surface area contributed by atoms with Crippen LogP contribution in [-0.4, -0.2) is 43.5 Å². The number of carbonyl (C=O) groups is 1. The van der Waals surface area contributed by atoms with Crippen LogP contribution in [-0.2, 0) is 10.0 Å². The molecule has 3 aromatic rings. The Balaban J connectivity index is 1.31. The van der Waals surface area contributed by atoms with Gasteiger partial charge in [-0.2, -0.15) is 4.72 Å². The van der Waals surface area contributed by atoms with Crippen LogP contribution in [0.2, 0.25) is 0 Å². The van der Waals surface area contributed by atoms with E-state index in [1.807, 2.05) is 42.2 Å². The molecule has 2 aliphatic heterocycles. The predicted molar refractivity (Wildman–Crippen MR) is 116 cm³/mol. The summed E-state index contributed by atoms with van der Waals surface area (Å²) in [6, 6.07) is 14.8. The van der Waals surface area contributed by atoms with Crippen molar-refractivity contribution < 1.29 is 13.2 Å². The minimum atomic E-state index is -3.53. The number of sulfonamides is 1. The van der Waals surface area contributed by atoms with Gasteiger partial charge in [0.2, 0.25) is 10.0 Å². The minimum absolute atomic E-state index is 0.0333. The first-order valence-corrected chi connectivity index (χ1v) is 11.7. The topological polar surface area (TPSA) is 94.3 Å². The van der Waals surface area contributed by atoms with Crippen LogP contribution in [0.3, 0.4) is 0 Å². The molecule has 0 saturated carbocycles. The molecule has 30 heavy (non-hydrogen) atoms. The number of amides is 1. The van der Waals surface area contributed by atoms with Crippen molar-refractivity contribution in [3.05, 3.63) is 59.8 Å². The summed E-state index contributed by atoms with van der Waals surface area (Å²) in [4.78, 5) is 18.7. The Kier molecular flexibility index (Phi) is 4.56. The highest BCUT2D eigenvalue weighted by atomic mass is 32.2. The number of likely N-dealkylation sites (tertiary alicyclic amines) is 1. The monoisotopic (exact) mass is 424 g/mol. The zero-order valence-electron chi connectivity index (χ0n) is 16.7. The van der Waals surface area contributed by atoms with Crippen LogP contribution in [0, 0.1) is 12.8 Å². The highest BCUT2D eigenvalue weighted by Gasteiger charge is 2.36. The van der Waals surface area contributed by atoms with E-state index in [9.17, 15) is 13.2 Å². The molecule has 5 rings (SSSR count). The van der Waals surface area contributed by atoms with Crippen molar-refractivity contribution in [2.24, 2.45) is 5.92 Å². The Morgan fingerprint density at radius 2 is 1.73 bits per heavy atom. The Labute approximate surface area is 175 Å². The number of benzene rings is 2. The average Bonchev–Trinajstić information content (AvgIpc) is 3.08. The Bertz CT molecular complexity index is 1230. The lowest BCUT2D eigenvalue weighted by molar-refractivity contribution is 0.0680. The molecule has 1 amide bonds. The van der Waals surface area contributed by atoms with E-state index >= 15 is 0 Å². The molecule has 3 heterocycles. The highest BCUT2D eigenvalue weighted by Crippen LogP contribution is 2.32. The van der Waals surface area contributed by atoms with Gasteiger partial charge in [-0.1, -0.05) is 30.3 Å². The molecular formula is C22H24N4O3S. The van der Waals surface area contributed by atoms with Crippen molar-refractivity contribution in [3.8, 4) is 0 Å². The third-order valence-corrected chi connectivity index (χ3v) is 7.67. The van der Waals surface area contributed by atoms with E-state index < -0.39 is 10.0 Å². The maximum absolute atomic E-state index is 13.2. The normalized spacial score (nSPS) is 21.2. The quantitative estimate of drug-likeness (QED) is 0.589. The lowest BCUT2D eigenvalue weighted by atomic mass is 9.93. The molecule has 0 aliphatic carbocycles. The third kappa shape index (κ3) is 3.16. The van der Waals surface area contributed by atoms with Crippen molar-refractivity contribution in [1.82, 2.24) is 14.6 Å². The second-order valence-electron chi connectivity index (χ2n) is 8.04. The van der Waals surface area contributed by atoms with Crippen molar-refractivity contribution in [2.75, 3.05) is 18.4 Å². The van der Waals surface area contributed by atoms with Gasteiger partial charge in [0.15, 0.2) is 0 Å². The number of hydrogen-bond acceptors (Lipinski definition) is 4. The maximum atomic E-state index is 13.2. The molecule has 8 heteroatoms. The standard InChI is InChI=1S/C22H24N4O3S/c1-14-20(16-6-2-3-7-17(16)23-14)22(27)26-12-10-15(11-13-26)21-24-18-8-4-5-9-19(18)30(28,29)25-21/h2-9,15,21,23-25H,10-13H2,1H3. The maximum Gasteiger partial charge on any atom is 0.256 e. The lowest BCUT2D eigenvalue weighted by Crippen LogP contribution is -2.52. The minimum Gasteiger partial charge on any atom is -0.368 e. The molecule has 1 aromatic heterocycles. The molecule has 3 N–H and O–H groups in total. The van der Waals surface area contributed by atoms with Crippen LogP contribution in [0.4, 0.5) is 5.69 Å². The number of aromatic amines is 1. The summed E-state index contributed by atoms with van der Waals surface area (Å²) in [6.07, 6.45) is 1.10. The van der Waals surface area contributed by atoms with Gasteiger partial charge < -0.3 is 15.2 Å². The number of rotatable bonds is 2. The number of piperidine rings is 1. The van der Waals surface area contributed by atoms with E-state index in [4.69, 9.17) is 0 Å². The second-order valence-corrected chi connectivity index (χ2v) is 9.72. The van der Waals surface area contributed by atoms with E-state index in [2.05, 4.69) is 15.0 Å². The number of fused-ring (bicyclic) bond motifs is 2. The molecule has 2 aromatic carbocycles. The first-order chi connectivity index (χ1) is 14.4. The molecule has 156 valence electrons. The predicted octanol–water partition coefficient (Wildman–Crippen LogP) is 3.06.